The molecule has 0 aliphatic rings. The molecule has 0 saturated heterocycles. The first-order chi connectivity index (χ1) is 14.8. The number of aromatic nitrogens is 2. The van der Waals surface area contributed by atoms with Gasteiger partial charge in [0.25, 0.3) is 5.56 Å². The number of aryl methyl sites for hydroxylation is 2. The van der Waals surface area contributed by atoms with Gasteiger partial charge in [-0.1, -0.05) is 18.2 Å². The van der Waals surface area contributed by atoms with Crippen LogP contribution in [0.15, 0.2) is 65.5 Å². The van der Waals surface area contributed by atoms with E-state index in [1.165, 1.54) is 16.7 Å². The molecule has 0 unspecified atom stereocenters. The Morgan fingerprint density at radius 2 is 1.61 bits per heavy atom. The maximum absolute atomic E-state index is 13.3. The minimum atomic E-state index is -1.03. The van der Waals surface area contributed by atoms with Crippen molar-refractivity contribution in [2.24, 2.45) is 0 Å². The van der Waals surface area contributed by atoms with E-state index in [1.54, 1.807) is 36.4 Å². The van der Waals surface area contributed by atoms with Gasteiger partial charge in [-0.15, -0.1) is 0 Å². The van der Waals surface area contributed by atoms with Crippen LogP contribution < -0.4 is 5.56 Å². The Bertz CT molecular complexity index is 1380. The first-order valence-electron chi connectivity index (χ1n) is 9.69. The number of carboxylic acids is 1. The summed E-state index contributed by atoms with van der Waals surface area (Å²) in [7, 11) is 0. The summed E-state index contributed by atoms with van der Waals surface area (Å²) in [4.78, 5) is 29.1. The molecular formula is C25H20N2O4. The molecule has 0 saturated carbocycles. The van der Waals surface area contributed by atoms with Crippen molar-refractivity contribution in [3.05, 3.63) is 99.1 Å². The summed E-state index contributed by atoms with van der Waals surface area (Å²) in [5.41, 5.74) is 3.36. The second-order valence-electron chi connectivity index (χ2n) is 7.32. The molecule has 0 fully saturated rings. The number of hydrogen-bond donors (Lipinski definition) is 2. The van der Waals surface area contributed by atoms with Crippen molar-refractivity contribution in [3.8, 4) is 11.4 Å². The van der Waals surface area contributed by atoms with Crippen molar-refractivity contribution in [2.75, 3.05) is 0 Å². The third-order valence-corrected chi connectivity index (χ3v) is 5.11. The highest BCUT2D eigenvalue weighted by Crippen LogP contribution is 2.24. The van der Waals surface area contributed by atoms with Crippen LogP contribution in [0, 0.1) is 13.8 Å². The van der Waals surface area contributed by atoms with E-state index in [9.17, 15) is 14.7 Å². The van der Waals surface area contributed by atoms with E-state index in [0.29, 0.717) is 22.4 Å². The average Bonchev–Trinajstić information content (AvgIpc) is 2.76. The van der Waals surface area contributed by atoms with Gasteiger partial charge in [0.2, 0.25) is 0 Å². The van der Waals surface area contributed by atoms with Crippen LogP contribution in [-0.4, -0.2) is 25.7 Å². The lowest BCUT2D eigenvalue weighted by Gasteiger charge is -2.12. The minimum absolute atomic E-state index is 0.137. The zero-order chi connectivity index (χ0) is 22.1. The Balaban J connectivity index is 1.90. The van der Waals surface area contributed by atoms with Gasteiger partial charge in [-0.25, -0.2) is 9.78 Å². The van der Waals surface area contributed by atoms with E-state index in [4.69, 9.17) is 5.11 Å². The molecule has 1 aromatic heterocycles. The number of aromatic hydroxyl groups is 1. The van der Waals surface area contributed by atoms with Crippen LogP contribution >= 0.6 is 0 Å². The topological polar surface area (TPSA) is 92.4 Å². The molecular weight excluding hydrogens is 392 g/mol. The Morgan fingerprint density at radius 3 is 2.26 bits per heavy atom. The predicted molar refractivity (Wildman–Crippen MR) is 121 cm³/mol. The van der Waals surface area contributed by atoms with E-state index in [0.717, 1.165) is 16.7 Å². The van der Waals surface area contributed by atoms with Crippen LogP contribution in [0.25, 0.3) is 28.7 Å². The molecule has 0 amide bonds. The Hall–Kier alpha value is -4.19. The molecule has 0 aliphatic heterocycles. The summed E-state index contributed by atoms with van der Waals surface area (Å²) in [6.07, 6.45) is 3.57. The number of hydrogen-bond acceptors (Lipinski definition) is 4. The Labute approximate surface area is 178 Å². The van der Waals surface area contributed by atoms with E-state index >= 15 is 0 Å². The highest BCUT2D eigenvalue weighted by atomic mass is 16.4. The summed E-state index contributed by atoms with van der Waals surface area (Å²) in [5, 5.41) is 19.6. The quantitative estimate of drug-likeness (QED) is 0.512. The normalized spacial score (nSPS) is 11.3. The number of rotatable bonds is 4. The molecule has 31 heavy (non-hydrogen) atoms. The van der Waals surface area contributed by atoms with Crippen LogP contribution in [0.2, 0.25) is 0 Å². The molecule has 154 valence electrons. The smallest absolute Gasteiger partial charge is 0.335 e. The zero-order valence-corrected chi connectivity index (χ0v) is 17.0. The van der Waals surface area contributed by atoms with Crippen LogP contribution in [0.1, 0.15) is 32.9 Å². The fourth-order valence-corrected chi connectivity index (χ4v) is 3.52. The van der Waals surface area contributed by atoms with Gasteiger partial charge in [0.05, 0.1) is 22.2 Å². The number of fused-ring (bicyclic) bond motifs is 1. The Morgan fingerprint density at radius 1 is 0.968 bits per heavy atom. The number of phenolic OH excluding ortho intramolecular Hbond substituents is 1. The number of phenols is 1. The predicted octanol–water partition coefficient (Wildman–Crippen LogP) is 4.58. The monoisotopic (exact) mass is 412 g/mol. The van der Waals surface area contributed by atoms with Gasteiger partial charge in [-0.05, 0) is 85.1 Å². The molecule has 6 heteroatoms. The highest BCUT2D eigenvalue weighted by Gasteiger charge is 2.12. The molecule has 0 bridgehead atoms. The fraction of sp³-hybridized carbons (Fsp3) is 0.0800. The fourth-order valence-electron chi connectivity index (χ4n) is 3.52. The second-order valence-corrected chi connectivity index (χ2v) is 7.32. The third-order valence-electron chi connectivity index (χ3n) is 5.11. The molecule has 4 aromatic rings. The summed E-state index contributed by atoms with van der Waals surface area (Å²) in [5.74, 6) is -0.361. The number of carboxylic acid groups (broad SMARTS) is 1. The van der Waals surface area contributed by atoms with Gasteiger partial charge in [-0.3, -0.25) is 9.36 Å². The van der Waals surface area contributed by atoms with Gasteiger partial charge < -0.3 is 10.2 Å². The second kappa shape index (κ2) is 7.91. The lowest BCUT2D eigenvalue weighted by molar-refractivity contribution is 0.0697. The molecule has 2 N–H and O–H groups in total. The van der Waals surface area contributed by atoms with Gasteiger partial charge in [0.15, 0.2) is 0 Å². The van der Waals surface area contributed by atoms with Gasteiger partial charge in [-0.2, -0.15) is 0 Å². The lowest BCUT2D eigenvalue weighted by atomic mass is 10.1. The molecule has 0 radical (unpaired) electrons. The number of nitrogens with zero attached hydrogens (tertiary/aromatic N) is 2. The molecule has 0 spiro atoms. The third kappa shape index (κ3) is 3.83. The first-order valence-corrected chi connectivity index (χ1v) is 9.69. The molecule has 4 rings (SSSR count). The summed E-state index contributed by atoms with van der Waals surface area (Å²) < 4.78 is 1.46. The number of carbonyl (C=O) groups is 1. The van der Waals surface area contributed by atoms with Crippen molar-refractivity contribution in [1.29, 1.82) is 0 Å². The van der Waals surface area contributed by atoms with Gasteiger partial charge in [0.1, 0.15) is 11.6 Å². The van der Waals surface area contributed by atoms with Crippen molar-refractivity contribution >= 4 is 29.0 Å². The lowest BCUT2D eigenvalue weighted by Crippen LogP contribution is -2.22. The van der Waals surface area contributed by atoms with Crippen molar-refractivity contribution < 1.29 is 15.0 Å². The maximum atomic E-state index is 13.3. The van der Waals surface area contributed by atoms with Crippen LogP contribution in [-0.2, 0) is 0 Å². The van der Waals surface area contributed by atoms with Crippen molar-refractivity contribution in [2.45, 2.75) is 13.8 Å². The highest BCUT2D eigenvalue weighted by molar-refractivity contribution is 5.88. The SMILES string of the molecule is Cc1cc(/C=C/c2nc3ccccc3c(=O)n2-c2ccc(C(=O)O)cc2)cc(C)c1O. The first kappa shape index (κ1) is 20.1. The van der Waals surface area contributed by atoms with Crippen molar-refractivity contribution in [3.63, 3.8) is 0 Å². The number of para-hydroxylation sites is 1. The summed E-state index contributed by atoms with van der Waals surface area (Å²) in [6, 6.07) is 16.9. The standard InChI is InChI=1S/C25H20N2O4/c1-15-13-17(14-16(2)23(15)28)7-12-22-26-21-6-4-3-5-20(21)24(29)27(22)19-10-8-18(9-11-19)25(30)31/h3-14,28H,1-2H3,(H,30,31)/b12-7+. The maximum Gasteiger partial charge on any atom is 0.335 e. The van der Waals surface area contributed by atoms with Crippen LogP contribution in [0.5, 0.6) is 5.75 Å². The Kier molecular flexibility index (Phi) is 5.13. The molecule has 0 atom stereocenters. The number of benzene rings is 3. The van der Waals surface area contributed by atoms with Crippen LogP contribution in [0.3, 0.4) is 0 Å². The van der Waals surface area contributed by atoms with Crippen molar-refractivity contribution in [1.82, 2.24) is 9.55 Å². The van der Waals surface area contributed by atoms with E-state index in [-0.39, 0.29) is 16.9 Å². The summed E-state index contributed by atoms with van der Waals surface area (Å²) in [6.45, 7) is 3.65. The largest absolute Gasteiger partial charge is 0.507 e. The average molecular weight is 412 g/mol. The molecule has 0 aliphatic carbocycles. The molecule has 6 nitrogen and oxygen atoms in total. The zero-order valence-electron chi connectivity index (χ0n) is 17.0. The number of aromatic carboxylic acids is 1. The summed E-state index contributed by atoms with van der Waals surface area (Å²) >= 11 is 0. The minimum Gasteiger partial charge on any atom is -0.507 e. The van der Waals surface area contributed by atoms with E-state index in [1.807, 2.05) is 38.1 Å². The van der Waals surface area contributed by atoms with Gasteiger partial charge >= 0.3 is 5.97 Å². The molecule has 1 heterocycles. The molecule has 3 aromatic carbocycles. The van der Waals surface area contributed by atoms with E-state index in [2.05, 4.69) is 4.98 Å². The van der Waals surface area contributed by atoms with Gasteiger partial charge in [0, 0.05) is 0 Å². The van der Waals surface area contributed by atoms with Crippen LogP contribution in [0.4, 0.5) is 0 Å². The van der Waals surface area contributed by atoms with E-state index < -0.39 is 5.97 Å².